The minimum absolute atomic E-state index is 0.107. The maximum atomic E-state index is 12.3. The zero-order valence-electron chi connectivity index (χ0n) is 14.4. The minimum Gasteiger partial charge on any atom is -0.336 e. The number of carbonyl (C=O) groups is 2. The first-order valence-electron chi connectivity index (χ1n) is 7.80. The van der Waals surface area contributed by atoms with Gasteiger partial charge in [-0.2, -0.15) is 0 Å². The summed E-state index contributed by atoms with van der Waals surface area (Å²) < 4.78 is 0.907. The fourth-order valence-corrected chi connectivity index (χ4v) is 2.87. The van der Waals surface area contributed by atoms with Gasteiger partial charge >= 0.3 is 0 Å². The van der Waals surface area contributed by atoms with Crippen molar-refractivity contribution in [1.82, 2.24) is 4.90 Å². The van der Waals surface area contributed by atoms with E-state index in [9.17, 15) is 19.7 Å². The van der Waals surface area contributed by atoms with E-state index in [1.54, 1.807) is 18.2 Å². The molecule has 0 fully saturated rings. The van der Waals surface area contributed by atoms with Crippen molar-refractivity contribution in [3.8, 4) is 0 Å². The summed E-state index contributed by atoms with van der Waals surface area (Å²) in [7, 11) is 1.49. The smallest absolute Gasteiger partial charge is 0.273 e. The maximum absolute atomic E-state index is 12.3. The lowest BCUT2D eigenvalue weighted by Gasteiger charge is -2.17. The van der Waals surface area contributed by atoms with E-state index < -0.39 is 4.92 Å². The maximum Gasteiger partial charge on any atom is 0.273 e. The molecule has 0 bridgehead atoms. The number of nitrogens with one attached hydrogen (secondary N) is 1. The van der Waals surface area contributed by atoms with Gasteiger partial charge in [0.1, 0.15) is 0 Å². The van der Waals surface area contributed by atoms with Gasteiger partial charge in [0.05, 0.1) is 17.9 Å². The Hall–Kier alpha value is -2.74. The van der Waals surface area contributed by atoms with E-state index in [4.69, 9.17) is 0 Å². The molecule has 0 saturated carbocycles. The molecule has 8 heteroatoms. The molecule has 2 amide bonds. The van der Waals surface area contributed by atoms with Gasteiger partial charge in [0, 0.05) is 28.8 Å². The molecule has 136 valence electrons. The molecule has 2 rings (SSSR count). The second-order valence-electron chi connectivity index (χ2n) is 5.82. The van der Waals surface area contributed by atoms with Crippen LogP contribution in [0.5, 0.6) is 0 Å². The lowest BCUT2D eigenvalue weighted by atomic mass is 10.1. The molecule has 7 nitrogen and oxygen atoms in total. The first-order valence-corrected chi connectivity index (χ1v) is 8.59. The molecule has 0 heterocycles. The van der Waals surface area contributed by atoms with Gasteiger partial charge < -0.3 is 10.2 Å². The first-order chi connectivity index (χ1) is 12.3. The Bertz CT molecular complexity index is 854. The van der Waals surface area contributed by atoms with E-state index in [0.717, 1.165) is 10.0 Å². The second kappa shape index (κ2) is 8.57. The van der Waals surface area contributed by atoms with Gasteiger partial charge in [0.15, 0.2) is 0 Å². The molecular formula is C18H18BrN3O4. The Labute approximate surface area is 159 Å². The van der Waals surface area contributed by atoms with Crippen LogP contribution in [0.25, 0.3) is 0 Å². The number of para-hydroxylation sites is 1. The zero-order valence-corrected chi connectivity index (χ0v) is 15.9. The summed E-state index contributed by atoms with van der Waals surface area (Å²) in [4.78, 5) is 36.2. The molecular weight excluding hydrogens is 402 g/mol. The van der Waals surface area contributed by atoms with Gasteiger partial charge in [-0.1, -0.05) is 34.1 Å². The molecule has 0 aliphatic heterocycles. The van der Waals surface area contributed by atoms with E-state index in [2.05, 4.69) is 21.2 Å². The highest BCUT2D eigenvalue weighted by atomic mass is 79.9. The summed E-state index contributed by atoms with van der Waals surface area (Å²) in [5, 5.41) is 13.8. The highest BCUT2D eigenvalue weighted by Gasteiger charge is 2.19. The molecule has 0 aromatic heterocycles. The summed E-state index contributed by atoms with van der Waals surface area (Å²) in [5.41, 5.74) is 1.77. The van der Waals surface area contributed by atoms with Crippen molar-refractivity contribution in [3.63, 3.8) is 0 Å². The number of amides is 2. The Morgan fingerprint density at radius 1 is 1.23 bits per heavy atom. The number of nitro benzene ring substituents is 1. The predicted octanol–water partition coefficient (Wildman–Crippen LogP) is 3.31. The molecule has 26 heavy (non-hydrogen) atoms. The van der Waals surface area contributed by atoms with Crippen molar-refractivity contribution in [3.05, 3.63) is 68.2 Å². The molecule has 2 aromatic rings. The molecule has 1 N–H and O–H groups in total. The van der Waals surface area contributed by atoms with Crippen LogP contribution in [0.1, 0.15) is 11.1 Å². The van der Waals surface area contributed by atoms with Crippen LogP contribution in [0.15, 0.2) is 46.9 Å². The summed E-state index contributed by atoms with van der Waals surface area (Å²) in [6.07, 6.45) is -0.141. The van der Waals surface area contributed by atoms with Crippen molar-refractivity contribution >= 4 is 39.1 Å². The number of aryl methyl sites for hydroxylation is 1. The third-order valence-electron chi connectivity index (χ3n) is 3.80. The average Bonchev–Trinajstić information content (AvgIpc) is 2.57. The number of halogens is 1. The van der Waals surface area contributed by atoms with Crippen LogP contribution in [0, 0.1) is 17.0 Å². The van der Waals surface area contributed by atoms with Gasteiger partial charge in [0.25, 0.3) is 5.69 Å². The number of nitrogens with zero attached hydrogens (tertiary/aromatic N) is 2. The monoisotopic (exact) mass is 419 g/mol. The van der Waals surface area contributed by atoms with E-state index in [1.165, 1.54) is 24.1 Å². The SMILES string of the molecule is Cc1cc(Br)ccc1NC(=O)CN(C)C(=O)Cc1ccccc1[N+](=O)[O-]. The van der Waals surface area contributed by atoms with Crippen molar-refractivity contribution in [2.75, 3.05) is 18.9 Å². The highest BCUT2D eigenvalue weighted by Crippen LogP contribution is 2.20. The summed E-state index contributed by atoms with van der Waals surface area (Å²) in [6, 6.07) is 11.5. The molecule has 0 unspecified atom stereocenters. The van der Waals surface area contributed by atoms with E-state index in [-0.39, 0.29) is 30.5 Å². The van der Waals surface area contributed by atoms with Crippen molar-refractivity contribution in [2.24, 2.45) is 0 Å². The average molecular weight is 420 g/mol. The number of nitro groups is 1. The fraction of sp³-hybridized carbons (Fsp3) is 0.222. The third kappa shape index (κ3) is 5.13. The lowest BCUT2D eigenvalue weighted by molar-refractivity contribution is -0.385. The molecule has 0 atom stereocenters. The second-order valence-corrected chi connectivity index (χ2v) is 6.74. The number of hydrogen-bond acceptors (Lipinski definition) is 4. The Morgan fingerprint density at radius 3 is 2.58 bits per heavy atom. The minimum atomic E-state index is -0.522. The quantitative estimate of drug-likeness (QED) is 0.573. The number of likely N-dealkylation sites (N-methyl/N-ethyl adjacent to an activating group) is 1. The number of benzene rings is 2. The number of rotatable bonds is 6. The zero-order chi connectivity index (χ0) is 19.3. The van der Waals surface area contributed by atoms with Crippen molar-refractivity contribution in [1.29, 1.82) is 0 Å². The standard InChI is InChI=1S/C18H18BrN3O4/c1-12-9-14(19)7-8-15(12)20-17(23)11-21(2)18(24)10-13-5-3-4-6-16(13)22(25)26/h3-9H,10-11H2,1-2H3,(H,20,23). The summed E-state index contributed by atoms with van der Waals surface area (Å²) in [6.45, 7) is 1.72. The van der Waals surface area contributed by atoms with Gasteiger partial charge in [-0.15, -0.1) is 0 Å². The molecule has 0 aliphatic carbocycles. The van der Waals surface area contributed by atoms with Crippen molar-refractivity contribution < 1.29 is 14.5 Å². The van der Waals surface area contributed by atoms with Crippen LogP contribution in [-0.2, 0) is 16.0 Å². The molecule has 2 aromatic carbocycles. The van der Waals surface area contributed by atoms with Crippen LogP contribution in [0.3, 0.4) is 0 Å². The summed E-state index contributed by atoms with van der Waals surface area (Å²) >= 11 is 3.36. The van der Waals surface area contributed by atoms with E-state index >= 15 is 0 Å². The third-order valence-corrected chi connectivity index (χ3v) is 4.29. The van der Waals surface area contributed by atoms with E-state index in [0.29, 0.717) is 11.3 Å². The highest BCUT2D eigenvalue weighted by molar-refractivity contribution is 9.10. The van der Waals surface area contributed by atoms with Gasteiger partial charge in [0.2, 0.25) is 11.8 Å². The van der Waals surface area contributed by atoms with E-state index in [1.807, 2.05) is 19.1 Å². The Morgan fingerprint density at radius 2 is 1.92 bits per heavy atom. The fourth-order valence-electron chi connectivity index (χ4n) is 2.40. The van der Waals surface area contributed by atoms with Crippen LogP contribution < -0.4 is 5.32 Å². The molecule has 0 saturated heterocycles. The Kier molecular flexibility index (Phi) is 6.46. The summed E-state index contributed by atoms with van der Waals surface area (Å²) in [5.74, 6) is -0.712. The topological polar surface area (TPSA) is 92.6 Å². The first kappa shape index (κ1) is 19.6. The number of anilines is 1. The van der Waals surface area contributed by atoms with Crippen LogP contribution in [0.2, 0.25) is 0 Å². The molecule has 0 radical (unpaired) electrons. The lowest BCUT2D eigenvalue weighted by Crippen LogP contribution is -2.36. The van der Waals surface area contributed by atoms with Gasteiger partial charge in [-0.05, 0) is 30.7 Å². The Balaban J connectivity index is 1.98. The largest absolute Gasteiger partial charge is 0.336 e. The number of carbonyl (C=O) groups excluding carboxylic acids is 2. The molecule has 0 spiro atoms. The van der Waals surface area contributed by atoms with Crippen molar-refractivity contribution in [2.45, 2.75) is 13.3 Å². The normalized spacial score (nSPS) is 10.3. The number of hydrogen-bond donors (Lipinski definition) is 1. The van der Waals surface area contributed by atoms with Gasteiger partial charge in [-0.3, -0.25) is 19.7 Å². The predicted molar refractivity (Wildman–Crippen MR) is 102 cm³/mol. The van der Waals surface area contributed by atoms with Crippen LogP contribution >= 0.6 is 15.9 Å². The van der Waals surface area contributed by atoms with Crippen LogP contribution in [0.4, 0.5) is 11.4 Å². The van der Waals surface area contributed by atoms with Crippen LogP contribution in [-0.4, -0.2) is 35.2 Å². The van der Waals surface area contributed by atoms with Gasteiger partial charge in [-0.25, -0.2) is 0 Å². The molecule has 0 aliphatic rings.